The van der Waals surface area contributed by atoms with Gasteiger partial charge in [-0.1, -0.05) is 41.0 Å². The number of nitrogens with two attached hydrogens (primary N) is 1. The maximum Gasteiger partial charge on any atom is 0.298 e. The number of hydrogen-bond donors (Lipinski definition) is 2. The van der Waals surface area contributed by atoms with Crippen LogP contribution < -0.4 is 5.73 Å². The third kappa shape index (κ3) is 3.45. The first-order chi connectivity index (χ1) is 9.49. The monoisotopic (exact) mass is 330 g/mol. The number of nitrogens with one attached hydrogen (secondary N) is 1. The molecule has 0 atom stereocenters. The molecule has 0 aliphatic heterocycles. The molecule has 0 amide bonds. The molecule has 1 aromatic heterocycles. The quantitative estimate of drug-likeness (QED) is 0.391. The van der Waals surface area contributed by atoms with Gasteiger partial charge in [0.25, 0.3) is 5.84 Å². The summed E-state index contributed by atoms with van der Waals surface area (Å²) in [6, 6.07) is 5.56. The van der Waals surface area contributed by atoms with Crippen LogP contribution in [-0.2, 0) is 5.75 Å². The molecule has 0 fully saturated rings. The Kier molecular flexibility index (Phi) is 4.91. The van der Waals surface area contributed by atoms with Gasteiger partial charge in [-0.2, -0.15) is 5.21 Å². The minimum absolute atomic E-state index is 0.546. The van der Waals surface area contributed by atoms with E-state index in [1.165, 1.54) is 11.8 Å². The summed E-state index contributed by atoms with van der Waals surface area (Å²) >= 11 is 13.4. The predicted molar refractivity (Wildman–Crippen MR) is 82.8 cm³/mol. The number of benzene rings is 1. The fourth-order valence-electron chi connectivity index (χ4n) is 1.48. The van der Waals surface area contributed by atoms with E-state index < -0.39 is 0 Å². The number of rotatable bonds is 4. The lowest BCUT2D eigenvalue weighted by Gasteiger charge is -2.02. The second kappa shape index (κ2) is 6.47. The number of aromatic amines is 1. The van der Waals surface area contributed by atoms with Gasteiger partial charge in [0, 0.05) is 5.75 Å². The Morgan fingerprint density at radius 2 is 2.05 bits per heavy atom. The van der Waals surface area contributed by atoms with Crippen molar-refractivity contribution in [2.75, 3.05) is 14.1 Å². The van der Waals surface area contributed by atoms with Crippen LogP contribution in [0.3, 0.4) is 0 Å². The molecular formula is C12H14Cl2N5S+. The number of H-pyrrole nitrogens is 1. The van der Waals surface area contributed by atoms with E-state index in [0.717, 1.165) is 10.6 Å². The van der Waals surface area contributed by atoms with Gasteiger partial charge in [-0.05, 0) is 17.7 Å². The Hall–Kier alpha value is -1.24. The van der Waals surface area contributed by atoms with Crippen LogP contribution in [0.2, 0.25) is 10.0 Å². The predicted octanol–water partition coefficient (Wildman–Crippen LogP) is 2.38. The van der Waals surface area contributed by atoms with Crippen molar-refractivity contribution in [3.05, 3.63) is 39.5 Å². The average molecular weight is 331 g/mol. The summed E-state index contributed by atoms with van der Waals surface area (Å²) in [5, 5.41) is 12.6. The van der Waals surface area contributed by atoms with Crippen LogP contribution in [0.25, 0.3) is 0 Å². The molecule has 0 aliphatic carbocycles. The molecule has 0 spiro atoms. The number of nitrogens with zero attached hydrogens (tertiary/aromatic N) is 3. The number of aromatic nitrogens is 3. The lowest BCUT2D eigenvalue weighted by Crippen LogP contribution is -2.25. The molecular weight excluding hydrogens is 317 g/mol. The fraction of sp³-hybridized carbons (Fsp3) is 0.250. The molecule has 0 bridgehead atoms. The van der Waals surface area contributed by atoms with Crippen LogP contribution in [0, 0.1) is 0 Å². The summed E-state index contributed by atoms with van der Waals surface area (Å²) in [6.07, 6.45) is 0. The lowest BCUT2D eigenvalue weighted by molar-refractivity contribution is -0.465. The molecule has 1 aromatic carbocycles. The molecule has 0 radical (unpaired) electrons. The topological polar surface area (TPSA) is 70.6 Å². The Balaban J connectivity index is 2.14. The Morgan fingerprint density at radius 1 is 1.30 bits per heavy atom. The van der Waals surface area contributed by atoms with E-state index in [-0.39, 0.29) is 0 Å². The standard InChI is InChI=1S/C12H13Cl2N5S/c1-19(2)11(15)10-12(17-18-16-10)20-6-7-3-4-8(13)9(14)5-7/h3-5H,6H2,1-2H3,(H2,15,16,17,18)/p+1. The first kappa shape index (κ1) is 15.2. The van der Waals surface area contributed by atoms with E-state index in [9.17, 15) is 0 Å². The van der Waals surface area contributed by atoms with Gasteiger partial charge in [-0.15, -0.1) is 10.2 Å². The minimum Gasteiger partial charge on any atom is -0.285 e. The van der Waals surface area contributed by atoms with Gasteiger partial charge in [0.1, 0.15) is 0 Å². The summed E-state index contributed by atoms with van der Waals surface area (Å²) in [5.41, 5.74) is 7.67. The van der Waals surface area contributed by atoms with E-state index in [1.54, 1.807) is 10.6 Å². The van der Waals surface area contributed by atoms with E-state index in [4.69, 9.17) is 28.9 Å². The van der Waals surface area contributed by atoms with Crippen LogP contribution in [0.4, 0.5) is 0 Å². The second-order valence-electron chi connectivity index (χ2n) is 4.29. The van der Waals surface area contributed by atoms with Crippen molar-refractivity contribution in [3.8, 4) is 0 Å². The van der Waals surface area contributed by atoms with Crippen LogP contribution in [0.15, 0.2) is 23.2 Å². The van der Waals surface area contributed by atoms with Crippen LogP contribution in [-0.4, -0.2) is 39.9 Å². The largest absolute Gasteiger partial charge is 0.298 e. The highest BCUT2D eigenvalue weighted by molar-refractivity contribution is 7.98. The van der Waals surface area contributed by atoms with E-state index in [0.29, 0.717) is 27.3 Å². The number of thioether (sulfide) groups is 1. The van der Waals surface area contributed by atoms with Crippen LogP contribution in [0.5, 0.6) is 0 Å². The van der Waals surface area contributed by atoms with Crippen molar-refractivity contribution < 1.29 is 4.58 Å². The minimum atomic E-state index is 0.546. The van der Waals surface area contributed by atoms with E-state index in [2.05, 4.69) is 15.4 Å². The molecule has 2 rings (SSSR count). The second-order valence-corrected chi connectivity index (χ2v) is 6.07. The SMILES string of the molecule is C[N+](C)=C(N)c1n[nH]nc1SCc1ccc(Cl)c(Cl)c1. The molecule has 5 nitrogen and oxygen atoms in total. The third-order valence-corrected chi connectivity index (χ3v) is 4.37. The van der Waals surface area contributed by atoms with Crippen LogP contribution >= 0.6 is 35.0 Å². The molecule has 1 heterocycles. The van der Waals surface area contributed by atoms with Gasteiger partial charge in [0.15, 0.2) is 5.03 Å². The fourth-order valence-corrected chi connectivity index (χ4v) is 2.68. The van der Waals surface area contributed by atoms with E-state index in [1.807, 2.05) is 26.2 Å². The van der Waals surface area contributed by atoms with Crippen molar-refractivity contribution in [1.82, 2.24) is 15.4 Å². The van der Waals surface area contributed by atoms with Crippen molar-refractivity contribution in [2.24, 2.45) is 5.73 Å². The molecule has 0 saturated carbocycles. The van der Waals surface area contributed by atoms with Crippen molar-refractivity contribution in [1.29, 1.82) is 0 Å². The molecule has 8 heteroatoms. The summed E-state index contributed by atoms with van der Waals surface area (Å²) in [6.45, 7) is 0. The van der Waals surface area contributed by atoms with Crippen molar-refractivity contribution >= 4 is 40.8 Å². The average Bonchev–Trinajstić information content (AvgIpc) is 2.87. The highest BCUT2D eigenvalue weighted by Crippen LogP contribution is 2.27. The lowest BCUT2D eigenvalue weighted by atomic mass is 10.2. The number of amidine groups is 1. The summed E-state index contributed by atoms with van der Waals surface area (Å²) < 4.78 is 1.79. The Bertz CT molecular complexity index is 649. The zero-order valence-electron chi connectivity index (χ0n) is 11.0. The maximum absolute atomic E-state index is 5.99. The van der Waals surface area contributed by atoms with Gasteiger partial charge in [0.2, 0.25) is 5.69 Å². The van der Waals surface area contributed by atoms with Crippen molar-refractivity contribution in [3.63, 3.8) is 0 Å². The molecule has 3 N–H and O–H groups in total. The third-order valence-electron chi connectivity index (χ3n) is 2.60. The zero-order chi connectivity index (χ0) is 14.7. The van der Waals surface area contributed by atoms with Gasteiger partial charge in [0.05, 0.1) is 24.1 Å². The number of halogens is 2. The zero-order valence-corrected chi connectivity index (χ0v) is 13.4. The first-order valence-electron chi connectivity index (χ1n) is 5.76. The molecule has 0 aliphatic rings. The molecule has 2 aromatic rings. The highest BCUT2D eigenvalue weighted by Gasteiger charge is 2.17. The molecule has 106 valence electrons. The Morgan fingerprint density at radius 3 is 2.70 bits per heavy atom. The van der Waals surface area contributed by atoms with Gasteiger partial charge in [-0.3, -0.25) is 10.3 Å². The van der Waals surface area contributed by atoms with Gasteiger partial charge in [-0.25, -0.2) is 0 Å². The molecule has 0 saturated heterocycles. The maximum atomic E-state index is 5.99. The summed E-state index contributed by atoms with van der Waals surface area (Å²) in [4.78, 5) is 0. The van der Waals surface area contributed by atoms with Crippen LogP contribution in [0.1, 0.15) is 11.3 Å². The molecule has 20 heavy (non-hydrogen) atoms. The normalized spacial score (nSPS) is 10.6. The smallest absolute Gasteiger partial charge is 0.285 e. The molecule has 0 unspecified atom stereocenters. The first-order valence-corrected chi connectivity index (χ1v) is 7.51. The van der Waals surface area contributed by atoms with Gasteiger partial charge >= 0.3 is 0 Å². The summed E-state index contributed by atoms with van der Waals surface area (Å²) in [7, 11) is 3.72. The van der Waals surface area contributed by atoms with E-state index >= 15 is 0 Å². The summed E-state index contributed by atoms with van der Waals surface area (Å²) in [5.74, 6) is 1.27. The number of hydrogen-bond acceptors (Lipinski definition) is 3. The Labute approximate surface area is 131 Å². The highest BCUT2D eigenvalue weighted by atomic mass is 35.5. The van der Waals surface area contributed by atoms with Gasteiger partial charge < -0.3 is 0 Å². The van der Waals surface area contributed by atoms with Crippen molar-refractivity contribution in [2.45, 2.75) is 10.8 Å².